The molecule has 2 rings (SSSR count). The van der Waals surface area contributed by atoms with Gasteiger partial charge < -0.3 is 5.32 Å². The van der Waals surface area contributed by atoms with Gasteiger partial charge >= 0.3 is 0 Å². The third-order valence-corrected chi connectivity index (χ3v) is 2.97. The maximum atomic E-state index is 4.24. The van der Waals surface area contributed by atoms with Gasteiger partial charge in [0.05, 0.1) is 6.04 Å². The lowest BCUT2D eigenvalue weighted by Crippen LogP contribution is -2.23. The molecule has 0 saturated heterocycles. The van der Waals surface area contributed by atoms with Crippen molar-refractivity contribution in [1.29, 1.82) is 0 Å². The van der Waals surface area contributed by atoms with Crippen molar-refractivity contribution in [3.8, 4) is 0 Å². The van der Waals surface area contributed by atoms with E-state index >= 15 is 0 Å². The number of benzene rings is 1. The van der Waals surface area contributed by atoms with Gasteiger partial charge in [-0.1, -0.05) is 44.5 Å². The molecule has 18 heavy (non-hydrogen) atoms. The lowest BCUT2D eigenvalue weighted by Gasteiger charge is -2.16. The van der Waals surface area contributed by atoms with E-state index < -0.39 is 0 Å². The predicted octanol–water partition coefficient (Wildman–Crippen LogP) is 2.46. The highest BCUT2D eigenvalue weighted by Crippen LogP contribution is 2.19. The minimum atomic E-state index is 0.0909. The Balaban J connectivity index is 2.20. The minimum absolute atomic E-state index is 0.0909. The second-order valence-corrected chi connectivity index (χ2v) is 4.35. The van der Waals surface area contributed by atoms with Crippen LogP contribution >= 0.6 is 0 Å². The zero-order valence-electron chi connectivity index (χ0n) is 11.0. The topological polar surface area (TPSA) is 53.6 Å². The molecule has 2 aromatic rings. The van der Waals surface area contributed by atoms with Gasteiger partial charge in [0.2, 0.25) is 0 Å². The average molecular weight is 244 g/mol. The number of rotatable bonds is 6. The van der Waals surface area contributed by atoms with Crippen molar-refractivity contribution in [2.75, 3.05) is 6.54 Å². The van der Waals surface area contributed by atoms with Crippen molar-refractivity contribution in [2.45, 2.75) is 32.7 Å². The number of nitrogens with zero attached hydrogens (tertiary/aromatic N) is 2. The number of aromatic amines is 1. The summed E-state index contributed by atoms with van der Waals surface area (Å²) in [6.07, 6.45) is 3.86. The van der Waals surface area contributed by atoms with Crippen LogP contribution in [0.1, 0.15) is 43.3 Å². The summed E-state index contributed by atoms with van der Waals surface area (Å²) in [5.41, 5.74) is 2.60. The first kappa shape index (κ1) is 12.8. The quantitative estimate of drug-likeness (QED) is 0.820. The first-order valence-electron chi connectivity index (χ1n) is 6.52. The summed E-state index contributed by atoms with van der Waals surface area (Å²) in [4.78, 5) is 4.24. The van der Waals surface area contributed by atoms with Gasteiger partial charge in [0, 0.05) is 0 Å². The van der Waals surface area contributed by atoms with Crippen LogP contribution in [0.2, 0.25) is 0 Å². The molecule has 0 bridgehead atoms. The Hall–Kier alpha value is -1.68. The molecule has 0 aliphatic rings. The second-order valence-electron chi connectivity index (χ2n) is 4.35. The van der Waals surface area contributed by atoms with Crippen LogP contribution in [-0.4, -0.2) is 21.7 Å². The molecule has 0 fully saturated rings. The smallest absolute Gasteiger partial charge is 0.145 e. The van der Waals surface area contributed by atoms with Gasteiger partial charge in [-0.15, -0.1) is 0 Å². The Labute approximate surface area is 108 Å². The zero-order chi connectivity index (χ0) is 12.8. The van der Waals surface area contributed by atoms with Gasteiger partial charge in [-0.25, -0.2) is 4.98 Å². The summed E-state index contributed by atoms with van der Waals surface area (Å²) < 4.78 is 0. The zero-order valence-corrected chi connectivity index (χ0v) is 11.0. The Morgan fingerprint density at radius 2 is 2.00 bits per heavy atom. The highest BCUT2D eigenvalue weighted by Gasteiger charge is 2.15. The fourth-order valence-corrected chi connectivity index (χ4v) is 2.10. The summed E-state index contributed by atoms with van der Waals surface area (Å²) in [6, 6.07) is 8.81. The van der Waals surface area contributed by atoms with Crippen LogP contribution < -0.4 is 5.32 Å². The lowest BCUT2D eigenvalue weighted by atomic mass is 10.0. The standard InChI is InChI=1S/C14H20N4/c1-3-5-11-6-8-12(9-7-11)13(15-4-2)14-16-10-17-18-14/h6-10,13,15H,3-5H2,1-2H3,(H,16,17,18). The van der Waals surface area contributed by atoms with Gasteiger partial charge in [-0.3, -0.25) is 5.10 Å². The van der Waals surface area contributed by atoms with Crippen LogP contribution in [0.3, 0.4) is 0 Å². The summed E-state index contributed by atoms with van der Waals surface area (Å²) in [5, 5.41) is 10.3. The molecular weight excluding hydrogens is 224 g/mol. The molecule has 4 nitrogen and oxygen atoms in total. The minimum Gasteiger partial charge on any atom is -0.304 e. The van der Waals surface area contributed by atoms with Crippen molar-refractivity contribution >= 4 is 0 Å². The van der Waals surface area contributed by atoms with Gasteiger partial charge in [-0.05, 0) is 24.1 Å². The van der Waals surface area contributed by atoms with E-state index in [9.17, 15) is 0 Å². The van der Waals surface area contributed by atoms with Crippen LogP contribution in [0.25, 0.3) is 0 Å². The molecule has 1 heterocycles. The molecule has 1 aromatic heterocycles. The molecule has 4 heteroatoms. The number of hydrogen-bond donors (Lipinski definition) is 2. The number of aromatic nitrogens is 3. The molecule has 0 aliphatic carbocycles. The maximum Gasteiger partial charge on any atom is 0.145 e. The second kappa shape index (κ2) is 6.31. The maximum absolute atomic E-state index is 4.24. The van der Waals surface area contributed by atoms with Crippen LogP contribution in [0, 0.1) is 0 Å². The SMILES string of the molecule is CCCc1ccc(C(NCC)c2ncn[nH]2)cc1. The molecule has 0 aliphatic heterocycles. The van der Waals surface area contributed by atoms with E-state index in [4.69, 9.17) is 0 Å². The summed E-state index contributed by atoms with van der Waals surface area (Å²) in [7, 11) is 0. The number of aryl methyl sites for hydroxylation is 1. The molecular formula is C14H20N4. The van der Waals surface area contributed by atoms with E-state index in [1.165, 1.54) is 17.5 Å². The van der Waals surface area contributed by atoms with Gasteiger partial charge in [0.15, 0.2) is 0 Å². The van der Waals surface area contributed by atoms with E-state index in [2.05, 4.69) is 58.6 Å². The Bertz CT molecular complexity index is 447. The Kier molecular flexibility index (Phi) is 4.47. The Morgan fingerprint density at radius 3 is 2.56 bits per heavy atom. The summed E-state index contributed by atoms with van der Waals surface area (Å²) >= 11 is 0. The third kappa shape index (κ3) is 2.96. The van der Waals surface area contributed by atoms with E-state index in [1.807, 2.05) is 0 Å². The van der Waals surface area contributed by atoms with E-state index in [0.717, 1.165) is 18.8 Å². The molecule has 1 aromatic carbocycles. The van der Waals surface area contributed by atoms with E-state index in [0.29, 0.717) is 0 Å². The van der Waals surface area contributed by atoms with Gasteiger partial charge in [-0.2, -0.15) is 5.10 Å². The Morgan fingerprint density at radius 1 is 1.22 bits per heavy atom. The molecule has 0 saturated carbocycles. The van der Waals surface area contributed by atoms with Crippen LogP contribution in [0.4, 0.5) is 0 Å². The normalized spacial score (nSPS) is 12.6. The highest BCUT2D eigenvalue weighted by molar-refractivity contribution is 5.28. The summed E-state index contributed by atoms with van der Waals surface area (Å²) in [5.74, 6) is 0.861. The van der Waals surface area contributed by atoms with Crippen molar-refractivity contribution in [3.05, 3.63) is 47.5 Å². The number of H-pyrrole nitrogens is 1. The van der Waals surface area contributed by atoms with Crippen LogP contribution in [0.5, 0.6) is 0 Å². The fourth-order valence-electron chi connectivity index (χ4n) is 2.10. The van der Waals surface area contributed by atoms with Gasteiger partial charge in [0.25, 0.3) is 0 Å². The highest BCUT2D eigenvalue weighted by atomic mass is 15.2. The fraction of sp³-hybridized carbons (Fsp3) is 0.429. The van der Waals surface area contributed by atoms with Gasteiger partial charge in [0.1, 0.15) is 12.2 Å². The van der Waals surface area contributed by atoms with Crippen molar-refractivity contribution in [2.24, 2.45) is 0 Å². The van der Waals surface area contributed by atoms with Crippen molar-refractivity contribution in [1.82, 2.24) is 20.5 Å². The average Bonchev–Trinajstić information content (AvgIpc) is 2.91. The molecule has 0 spiro atoms. The first-order chi connectivity index (χ1) is 8.85. The van der Waals surface area contributed by atoms with E-state index in [1.54, 1.807) is 6.33 Å². The van der Waals surface area contributed by atoms with Crippen LogP contribution in [-0.2, 0) is 6.42 Å². The van der Waals surface area contributed by atoms with Crippen molar-refractivity contribution < 1.29 is 0 Å². The summed E-state index contributed by atoms with van der Waals surface area (Å²) in [6.45, 7) is 5.18. The lowest BCUT2D eigenvalue weighted by molar-refractivity contribution is 0.599. The van der Waals surface area contributed by atoms with Crippen molar-refractivity contribution in [3.63, 3.8) is 0 Å². The first-order valence-corrected chi connectivity index (χ1v) is 6.52. The molecule has 2 N–H and O–H groups in total. The largest absolute Gasteiger partial charge is 0.304 e. The molecule has 1 atom stereocenters. The monoisotopic (exact) mass is 244 g/mol. The van der Waals surface area contributed by atoms with Crippen LogP contribution in [0.15, 0.2) is 30.6 Å². The number of hydrogen-bond acceptors (Lipinski definition) is 3. The molecule has 96 valence electrons. The van der Waals surface area contributed by atoms with E-state index in [-0.39, 0.29) is 6.04 Å². The predicted molar refractivity (Wildman–Crippen MR) is 72.3 cm³/mol. The third-order valence-electron chi connectivity index (χ3n) is 2.97. The molecule has 1 unspecified atom stereocenters. The molecule has 0 amide bonds. The molecule has 0 radical (unpaired) electrons. The number of nitrogens with one attached hydrogen (secondary N) is 2.